The molecule has 0 spiro atoms. The van der Waals surface area contributed by atoms with Crippen LogP contribution in [0.15, 0.2) is 60.7 Å². The number of ketones is 1. The molecule has 0 aliphatic rings. The number of benzene rings is 2. The summed E-state index contributed by atoms with van der Waals surface area (Å²) >= 11 is 5.85. The molecule has 0 saturated carbocycles. The molecular formula is C16H13ClO. The van der Waals surface area contributed by atoms with E-state index in [9.17, 15) is 4.79 Å². The summed E-state index contributed by atoms with van der Waals surface area (Å²) in [7, 11) is 0. The molecule has 0 atom stereocenters. The molecule has 1 nitrogen and oxygen atoms in total. The van der Waals surface area contributed by atoms with E-state index in [-0.39, 0.29) is 5.78 Å². The largest absolute Gasteiger partial charge is 0.289 e. The molecule has 0 unspecified atom stereocenters. The summed E-state index contributed by atoms with van der Waals surface area (Å²) in [5, 5.41) is 0.721. The lowest BCUT2D eigenvalue weighted by Gasteiger charge is -2.03. The fourth-order valence-corrected chi connectivity index (χ4v) is 1.84. The van der Waals surface area contributed by atoms with Crippen molar-refractivity contribution in [3.05, 3.63) is 71.3 Å². The summed E-state index contributed by atoms with van der Waals surface area (Å²) in [4.78, 5) is 11.6. The third-order valence-corrected chi connectivity index (χ3v) is 2.92. The number of hydrogen-bond acceptors (Lipinski definition) is 1. The number of hydrogen-bond donors (Lipinski definition) is 0. The number of carbonyl (C=O) groups excluding carboxylic acids is 1. The second-order valence-corrected chi connectivity index (χ2v) is 4.38. The van der Waals surface area contributed by atoms with E-state index in [2.05, 4.69) is 0 Å². The lowest BCUT2D eigenvalue weighted by atomic mass is 10.0. The lowest BCUT2D eigenvalue weighted by Crippen LogP contribution is -1.93. The predicted molar refractivity (Wildman–Crippen MR) is 76.0 cm³/mol. The minimum Gasteiger partial charge on any atom is -0.289 e. The van der Waals surface area contributed by atoms with Crippen LogP contribution in [0.1, 0.15) is 17.3 Å². The molecule has 2 aromatic carbocycles. The van der Waals surface area contributed by atoms with Gasteiger partial charge in [-0.1, -0.05) is 54.1 Å². The van der Waals surface area contributed by atoms with Crippen LogP contribution in [0.3, 0.4) is 0 Å². The standard InChI is InChI=1S/C16H13ClO/c1-2-3-16(18)14-6-4-12(5-7-14)13-8-10-15(17)11-9-13/h2-11H,1H3/b3-2+. The minimum absolute atomic E-state index is 0.0279. The highest BCUT2D eigenvalue weighted by Gasteiger charge is 2.02. The Morgan fingerprint density at radius 1 is 0.944 bits per heavy atom. The highest BCUT2D eigenvalue weighted by molar-refractivity contribution is 6.30. The van der Waals surface area contributed by atoms with Crippen molar-refractivity contribution < 1.29 is 4.79 Å². The van der Waals surface area contributed by atoms with Crippen LogP contribution in [-0.2, 0) is 0 Å². The predicted octanol–water partition coefficient (Wildman–Crippen LogP) is 4.77. The van der Waals surface area contributed by atoms with E-state index < -0.39 is 0 Å². The molecular weight excluding hydrogens is 244 g/mol. The molecule has 2 aromatic rings. The summed E-state index contributed by atoms with van der Waals surface area (Å²) in [5.74, 6) is 0.0279. The van der Waals surface area contributed by atoms with E-state index in [1.807, 2.05) is 55.5 Å². The van der Waals surface area contributed by atoms with Crippen LogP contribution in [0, 0.1) is 0 Å². The van der Waals surface area contributed by atoms with Gasteiger partial charge in [0.1, 0.15) is 0 Å². The molecule has 2 heteroatoms. The maximum Gasteiger partial charge on any atom is 0.185 e. The second kappa shape index (κ2) is 5.65. The van der Waals surface area contributed by atoms with E-state index in [0.29, 0.717) is 5.56 Å². The van der Waals surface area contributed by atoms with Crippen molar-refractivity contribution in [3.8, 4) is 11.1 Å². The Bertz CT molecular complexity index is 565. The first kappa shape index (κ1) is 12.6. The first-order chi connectivity index (χ1) is 8.70. The fraction of sp³-hybridized carbons (Fsp3) is 0.0625. The van der Waals surface area contributed by atoms with Gasteiger partial charge in [-0.05, 0) is 36.3 Å². The van der Waals surface area contributed by atoms with Crippen molar-refractivity contribution >= 4 is 17.4 Å². The van der Waals surface area contributed by atoms with E-state index in [1.165, 1.54) is 0 Å². The van der Waals surface area contributed by atoms with E-state index in [4.69, 9.17) is 11.6 Å². The Hall–Kier alpha value is -1.86. The zero-order valence-corrected chi connectivity index (χ0v) is 10.8. The summed E-state index contributed by atoms with van der Waals surface area (Å²) in [6.45, 7) is 1.83. The smallest absolute Gasteiger partial charge is 0.185 e. The third-order valence-electron chi connectivity index (χ3n) is 2.67. The maximum atomic E-state index is 11.6. The highest BCUT2D eigenvalue weighted by Crippen LogP contribution is 2.22. The number of halogens is 1. The molecule has 0 N–H and O–H groups in total. The van der Waals surface area contributed by atoms with Gasteiger partial charge in [0.05, 0.1) is 0 Å². The molecule has 90 valence electrons. The Labute approximate surface area is 112 Å². The van der Waals surface area contributed by atoms with Gasteiger partial charge in [-0.25, -0.2) is 0 Å². The molecule has 0 heterocycles. The molecule has 18 heavy (non-hydrogen) atoms. The van der Waals surface area contributed by atoms with Gasteiger partial charge in [0, 0.05) is 10.6 Å². The van der Waals surface area contributed by atoms with Crippen molar-refractivity contribution in [3.63, 3.8) is 0 Å². The normalized spacial score (nSPS) is 10.8. The third kappa shape index (κ3) is 2.88. The fourth-order valence-electron chi connectivity index (χ4n) is 1.72. The van der Waals surface area contributed by atoms with Gasteiger partial charge in [0.2, 0.25) is 0 Å². The molecule has 0 fully saturated rings. The number of carbonyl (C=O) groups is 1. The molecule has 0 aliphatic carbocycles. The average molecular weight is 257 g/mol. The first-order valence-electron chi connectivity index (χ1n) is 5.74. The average Bonchev–Trinajstić information content (AvgIpc) is 2.40. The first-order valence-corrected chi connectivity index (χ1v) is 6.11. The quantitative estimate of drug-likeness (QED) is 0.571. The summed E-state index contributed by atoms with van der Waals surface area (Å²) < 4.78 is 0. The molecule has 0 aliphatic heterocycles. The van der Waals surface area contributed by atoms with E-state index in [0.717, 1.165) is 16.1 Å². The van der Waals surface area contributed by atoms with Gasteiger partial charge in [0.15, 0.2) is 5.78 Å². The number of rotatable bonds is 3. The van der Waals surface area contributed by atoms with Crippen LogP contribution in [0.4, 0.5) is 0 Å². The molecule has 0 amide bonds. The van der Waals surface area contributed by atoms with Crippen LogP contribution >= 0.6 is 11.6 Å². The zero-order chi connectivity index (χ0) is 13.0. The second-order valence-electron chi connectivity index (χ2n) is 3.95. The summed E-state index contributed by atoms with van der Waals surface area (Å²) in [6, 6.07) is 15.2. The maximum absolute atomic E-state index is 11.6. The Kier molecular flexibility index (Phi) is 3.96. The monoisotopic (exact) mass is 256 g/mol. The lowest BCUT2D eigenvalue weighted by molar-refractivity contribution is 0.104. The molecule has 0 saturated heterocycles. The van der Waals surface area contributed by atoms with E-state index in [1.54, 1.807) is 12.2 Å². The van der Waals surface area contributed by atoms with Crippen molar-refractivity contribution in [2.24, 2.45) is 0 Å². The van der Waals surface area contributed by atoms with Crippen molar-refractivity contribution in [1.29, 1.82) is 0 Å². The van der Waals surface area contributed by atoms with Gasteiger partial charge in [-0.15, -0.1) is 0 Å². The van der Waals surface area contributed by atoms with Crippen LogP contribution in [0.2, 0.25) is 5.02 Å². The topological polar surface area (TPSA) is 17.1 Å². The molecule has 0 radical (unpaired) electrons. The van der Waals surface area contributed by atoms with Gasteiger partial charge in [-0.3, -0.25) is 4.79 Å². The Morgan fingerprint density at radius 2 is 1.44 bits per heavy atom. The molecule has 2 rings (SSSR count). The van der Waals surface area contributed by atoms with Crippen LogP contribution in [0.25, 0.3) is 11.1 Å². The van der Waals surface area contributed by atoms with Crippen LogP contribution in [0.5, 0.6) is 0 Å². The molecule has 0 bridgehead atoms. The van der Waals surface area contributed by atoms with Crippen molar-refractivity contribution in [1.82, 2.24) is 0 Å². The Balaban J connectivity index is 2.27. The van der Waals surface area contributed by atoms with Crippen molar-refractivity contribution in [2.45, 2.75) is 6.92 Å². The van der Waals surface area contributed by atoms with Gasteiger partial charge < -0.3 is 0 Å². The van der Waals surface area contributed by atoms with Crippen molar-refractivity contribution in [2.75, 3.05) is 0 Å². The van der Waals surface area contributed by atoms with Gasteiger partial charge >= 0.3 is 0 Å². The summed E-state index contributed by atoms with van der Waals surface area (Å²) in [6.07, 6.45) is 3.31. The highest BCUT2D eigenvalue weighted by atomic mass is 35.5. The molecule has 0 aromatic heterocycles. The summed E-state index contributed by atoms with van der Waals surface area (Å²) in [5.41, 5.74) is 2.86. The van der Waals surface area contributed by atoms with Crippen LogP contribution < -0.4 is 0 Å². The Morgan fingerprint density at radius 3 is 1.94 bits per heavy atom. The van der Waals surface area contributed by atoms with Crippen LogP contribution in [-0.4, -0.2) is 5.78 Å². The van der Waals surface area contributed by atoms with E-state index >= 15 is 0 Å². The minimum atomic E-state index is 0.0279. The zero-order valence-electron chi connectivity index (χ0n) is 10.1. The number of allylic oxidation sites excluding steroid dienone is 2. The SMILES string of the molecule is C/C=C/C(=O)c1ccc(-c2ccc(Cl)cc2)cc1. The van der Waals surface area contributed by atoms with Gasteiger partial charge in [0.25, 0.3) is 0 Å². The van der Waals surface area contributed by atoms with Gasteiger partial charge in [-0.2, -0.15) is 0 Å².